The predicted molar refractivity (Wildman–Crippen MR) is 72.1 cm³/mol. The molecule has 4 atom stereocenters. The first-order valence-corrected chi connectivity index (χ1v) is 7.55. The number of rotatable bonds is 2. The van der Waals surface area contributed by atoms with Crippen LogP contribution in [0.15, 0.2) is 12.2 Å². The second kappa shape index (κ2) is 4.12. The van der Waals surface area contributed by atoms with Gasteiger partial charge in [0.25, 0.3) is 0 Å². The van der Waals surface area contributed by atoms with Gasteiger partial charge >= 0.3 is 0 Å². The van der Waals surface area contributed by atoms with Crippen molar-refractivity contribution >= 4 is 22.8 Å². The summed E-state index contributed by atoms with van der Waals surface area (Å²) in [6.45, 7) is 1.96. The molecule has 18 heavy (non-hydrogen) atoms. The molecular weight excluding hydrogens is 246 g/mol. The Morgan fingerprint density at radius 1 is 1.50 bits per heavy atom. The van der Waals surface area contributed by atoms with Gasteiger partial charge in [-0.2, -0.15) is 0 Å². The third kappa shape index (κ3) is 1.51. The minimum Gasteiger partial charge on any atom is -0.339 e. The van der Waals surface area contributed by atoms with Gasteiger partial charge in [0.05, 0.1) is 6.04 Å². The molecule has 3 rings (SSSR count). The maximum Gasteiger partial charge on any atom is 0.241 e. The lowest BCUT2D eigenvalue weighted by Crippen LogP contribution is -2.70. The van der Waals surface area contributed by atoms with E-state index >= 15 is 0 Å². The van der Waals surface area contributed by atoms with Crippen molar-refractivity contribution in [2.24, 2.45) is 11.8 Å². The number of carbonyl (C=O) groups is 2. The van der Waals surface area contributed by atoms with Crippen molar-refractivity contribution in [3.63, 3.8) is 0 Å². The molecule has 0 spiro atoms. The summed E-state index contributed by atoms with van der Waals surface area (Å²) in [6, 6.07) is 0.123. The van der Waals surface area contributed by atoms with Crippen LogP contribution in [0.3, 0.4) is 0 Å². The molecule has 1 aliphatic carbocycles. The second-order valence-electron chi connectivity index (χ2n) is 5.78. The normalized spacial score (nSPS) is 43.0. The summed E-state index contributed by atoms with van der Waals surface area (Å²) in [5.41, 5.74) is 0. The molecular formula is C14H19NO2S. The zero-order valence-electron chi connectivity index (χ0n) is 10.9. The Hall–Kier alpha value is -0.770. The standard InChI is InChI=1S/C14H19NO2S/c1-9-11-14(18-12(9)16,13(17)15(11)2)8-10-6-4-3-5-7-10/h4,6,9-11H,3,5,7-8H2,1-2H3/t9?,10?,11-,14?/m0/s1. The molecule has 3 nitrogen and oxygen atoms in total. The topological polar surface area (TPSA) is 37.4 Å². The second-order valence-corrected chi connectivity index (χ2v) is 7.12. The SMILES string of the molecule is CC1C(=O)SC2(CC3C=CCCC3)C(=O)N(C)[C@@H]12. The van der Waals surface area contributed by atoms with Crippen LogP contribution in [0.5, 0.6) is 0 Å². The Morgan fingerprint density at radius 2 is 2.28 bits per heavy atom. The van der Waals surface area contributed by atoms with Crippen molar-refractivity contribution < 1.29 is 9.59 Å². The molecule has 4 heteroatoms. The lowest BCUT2D eigenvalue weighted by Gasteiger charge is -2.52. The first kappa shape index (κ1) is 12.3. The Balaban J connectivity index is 1.84. The zero-order valence-corrected chi connectivity index (χ0v) is 11.7. The lowest BCUT2D eigenvalue weighted by atomic mass is 9.73. The molecule has 0 radical (unpaired) electrons. The van der Waals surface area contributed by atoms with Gasteiger partial charge in [-0.1, -0.05) is 30.8 Å². The molecule has 98 valence electrons. The monoisotopic (exact) mass is 265 g/mol. The number of hydrogen-bond acceptors (Lipinski definition) is 3. The van der Waals surface area contributed by atoms with Crippen LogP contribution in [0.25, 0.3) is 0 Å². The molecule has 0 bridgehead atoms. The van der Waals surface area contributed by atoms with E-state index in [1.165, 1.54) is 18.2 Å². The third-order valence-electron chi connectivity index (χ3n) is 4.62. The highest BCUT2D eigenvalue weighted by Gasteiger charge is 2.68. The number of fused-ring (bicyclic) bond motifs is 1. The van der Waals surface area contributed by atoms with Crippen LogP contribution in [0, 0.1) is 11.8 Å². The molecule has 3 aliphatic rings. The number of amides is 1. The fraction of sp³-hybridized carbons (Fsp3) is 0.714. The van der Waals surface area contributed by atoms with Crippen LogP contribution < -0.4 is 0 Å². The maximum atomic E-state index is 12.3. The van der Waals surface area contributed by atoms with Crippen molar-refractivity contribution in [1.82, 2.24) is 4.90 Å². The summed E-state index contributed by atoms with van der Waals surface area (Å²) in [5.74, 6) is 0.629. The summed E-state index contributed by atoms with van der Waals surface area (Å²) in [7, 11) is 1.83. The highest BCUT2D eigenvalue weighted by atomic mass is 32.2. The highest BCUT2D eigenvalue weighted by Crippen LogP contribution is 2.56. The Morgan fingerprint density at radius 3 is 2.94 bits per heavy atom. The third-order valence-corrected chi connectivity index (χ3v) is 6.14. The van der Waals surface area contributed by atoms with Crippen LogP contribution in [0.1, 0.15) is 32.6 Å². The minimum atomic E-state index is -0.433. The van der Waals surface area contributed by atoms with Gasteiger partial charge < -0.3 is 4.90 Å². The van der Waals surface area contributed by atoms with E-state index in [1.807, 2.05) is 14.0 Å². The molecule has 2 fully saturated rings. The van der Waals surface area contributed by atoms with Crippen LogP contribution in [-0.2, 0) is 9.59 Å². The Kier molecular flexibility index (Phi) is 2.81. The van der Waals surface area contributed by atoms with E-state index in [9.17, 15) is 9.59 Å². The number of likely N-dealkylation sites (tertiary alicyclic amines) is 1. The van der Waals surface area contributed by atoms with Crippen molar-refractivity contribution in [3.8, 4) is 0 Å². The smallest absolute Gasteiger partial charge is 0.241 e. The molecule has 3 unspecified atom stereocenters. The molecule has 0 N–H and O–H groups in total. The number of allylic oxidation sites excluding steroid dienone is 2. The van der Waals surface area contributed by atoms with E-state index in [1.54, 1.807) is 4.90 Å². The summed E-state index contributed by atoms with van der Waals surface area (Å²) in [6.07, 6.45) is 8.83. The van der Waals surface area contributed by atoms with E-state index in [4.69, 9.17) is 0 Å². The first-order valence-electron chi connectivity index (χ1n) is 6.73. The van der Waals surface area contributed by atoms with Crippen LogP contribution in [0.4, 0.5) is 0 Å². The van der Waals surface area contributed by atoms with Crippen LogP contribution in [0.2, 0.25) is 0 Å². The van der Waals surface area contributed by atoms with E-state index in [2.05, 4.69) is 12.2 Å². The van der Waals surface area contributed by atoms with Crippen LogP contribution >= 0.6 is 11.8 Å². The predicted octanol–water partition coefficient (Wildman–Crippen LogP) is 2.22. The van der Waals surface area contributed by atoms with E-state index in [-0.39, 0.29) is 23.0 Å². The molecule has 2 saturated heterocycles. The van der Waals surface area contributed by atoms with Gasteiger partial charge in [0.2, 0.25) is 5.91 Å². The molecule has 0 aromatic heterocycles. The fourth-order valence-corrected chi connectivity index (χ4v) is 5.42. The number of thioether (sulfide) groups is 1. The first-order chi connectivity index (χ1) is 8.56. The summed E-state index contributed by atoms with van der Waals surface area (Å²) in [4.78, 5) is 26.0. The van der Waals surface area contributed by atoms with Gasteiger partial charge in [0.1, 0.15) is 4.75 Å². The maximum absolute atomic E-state index is 12.3. The Bertz CT molecular complexity index is 434. The quantitative estimate of drug-likeness (QED) is 0.567. The lowest BCUT2D eigenvalue weighted by molar-refractivity contribution is -0.152. The van der Waals surface area contributed by atoms with Gasteiger partial charge in [0, 0.05) is 13.0 Å². The number of β-lactam (4-membered cyclic amide) rings is 1. The van der Waals surface area contributed by atoms with E-state index in [0.29, 0.717) is 5.92 Å². The number of hydrogen-bond donors (Lipinski definition) is 0. The van der Waals surface area contributed by atoms with Crippen molar-refractivity contribution in [2.75, 3.05) is 7.05 Å². The average molecular weight is 265 g/mol. The zero-order chi connectivity index (χ0) is 12.9. The molecule has 0 saturated carbocycles. The molecule has 1 amide bonds. The fourth-order valence-electron chi connectivity index (χ4n) is 3.73. The molecule has 0 aromatic carbocycles. The summed E-state index contributed by atoms with van der Waals surface area (Å²) in [5, 5.41) is 0.192. The van der Waals surface area contributed by atoms with Gasteiger partial charge in [-0.3, -0.25) is 9.59 Å². The molecule has 2 heterocycles. The summed E-state index contributed by atoms with van der Waals surface area (Å²) < 4.78 is -0.433. The van der Waals surface area contributed by atoms with Gasteiger partial charge in [0.15, 0.2) is 5.12 Å². The average Bonchev–Trinajstić information content (AvgIpc) is 2.60. The van der Waals surface area contributed by atoms with Crippen LogP contribution in [-0.4, -0.2) is 33.8 Å². The highest BCUT2D eigenvalue weighted by molar-refractivity contribution is 8.16. The molecule has 2 aliphatic heterocycles. The van der Waals surface area contributed by atoms with Gasteiger partial charge in [-0.15, -0.1) is 0 Å². The van der Waals surface area contributed by atoms with Gasteiger partial charge in [-0.25, -0.2) is 0 Å². The molecule has 0 aromatic rings. The van der Waals surface area contributed by atoms with E-state index < -0.39 is 4.75 Å². The van der Waals surface area contributed by atoms with Gasteiger partial charge in [-0.05, 0) is 31.6 Å². The number of nitrogens with zero attached hydrogens (tertiary/aromatic N) is 1. The minimum absolute atomic E-state index is 0.00901. The summed E-state index contributed by atoms with van der Waals surface area (Å²) >= 11 is 1.31. The Labute approximate surface area is 112 Å². The van der Waals surface area contributed by atoms with Crippen molar-refractivity contribution in [3.05, 3.63) is 12.2 Å². The number of carbonyl (C=O) groups excluding carboxylic acids is 2. The largest absolute Gasteiger partial charge is 0.339 e. The van der Waals surface area contributed by atoms with Crippen molar-refractivity contribution in [1.29, 1.82) is 0 Å². The van der Waals surface area contributed by atoms with E-state index in [0.717, 1.165) is 19.3 Å². The van der Waals surface area contributed by atoms with Crippen molar-refractivity contribution in [2.45, 2.75) is 43.4 Å².